The van der Waals surface area contributed by atoms with E-state index < -0.39 is 0 Å². The lowest BCUT2D eigenvalue weighted by molar-refractivity contribution is 0.252. The lowest BCUT2D eigenvalue weighted by Gasteiger charge is -2.11. The highest BCUT2D eigenvalue weighted by Gasteiger charge is 2.09. The second-order valence-corrected chi connectivity index (χ2v) is 5.27. The summed E-state index contributed by atoms with van der Waals surface area (Å²) in [6.45, 7) is 4.50. The fourth-order valence-corrected chi connectivity index (χ4v) is 2.55. The van der Waals surface area contributed by atoms with E-state index in [-0.39, 0.29) is 6.03 Å². The Bertz CT molecular complexity index is 846. The molecule has 2 heterocycles. The summed E-state index contributed by atoms with van der Waals surface area (Å²) in [5.41, 5.74) is 3.32. The molecule has 0 aliphatic rings. The van der Waals surface area contributed by atoms with Crippen molar-refractivity contribution in [3.63, 3.8) is 0 Å². The average Bonchev–Trinajstić information content (AvgIpc) is 2.56. The zero-order chi connectivity index (χ0) is 16.2. The number of carbonyl (C=O) groups is 1. The van der Waals surface area contributed by atoms with Crippen molar-refractivity contribution in [3.8, 4) is 11.1 Å². The zero-order valence-corrected chi connectivity index (χ0v) is 13.1. The molecular formula is C18H18N4O. The first-order chi connectivity index (χ1) is 11.2. The van der Waals surface area contributed by atoms with Gasteiger partial charge in [-0.15, -0.1) is 0 Å². The third-order valence-electron chi connectivity index (χ3n) is 3.69. The molecule has 0 radical (unpaired) electrons. The molecule has 2 amide bonds. The number of hydrogen-bond donors (Lipinski definition) is 2. The van der Waals surface area contributed by atoms with E-state index in [1.807, 2.05) is 25.1 Å². The van der Waals surface area contributed by atoms with Crippen molar-refractivity contribution >= 4 is 22.6 Å². The summed E-state index contributed by atoms with van der Waals surface area (Å²) < 4.78 is 0. The van der Waals surface area contributed by atoms with Crippen molar-refractivity contribution in [1.82, 2.24) is 15.3 Å². The molecule has 0 atom stereocenters. The Balaban J connectivity index is 2.10. The second-order valence-electron chi connectivity index (χ2n) is 5.27. The summed E-state index contributed by atoms with van der Waals surface area (Å²) in [7, 11) is 0. The minimum absolute atomic E-state index is 0.252. The summed E-state index contributed by atoms with van der Waals surface area (Å²) in [5.74, 6) is 0.532. The Labute approximate surface area is 134 Å². The molecule has 5 nitrogen and oxygen atoms in total. The van der Waals surface area contributed by atoms with Gasteiger partial charge in [-0.25, -0.2) is 9.78 Å². The van der Waals surface area contributed by atoms with E-state index in [1.54, 1.807) is 18.6 Å². The van der Waals surface area contributed by atoms with Crippen LogP contribution in [0.25, 0.3) is 21.9 Å². The fourth-order valence-electron chi connectivity index (χ4n) is 2.55. The average molecular weight is 306 g/mol. The largest absolute Gasteiger partial charge is 0.338 e. The molecule has 2 aromatic heterocycles. The van der Waals surface area contributed by atoms with Gasteiger partial charge in [0.05, 0.1) is 0 Å². The van der Waals surface area contributed by atoms with E-state index in [9.17, 15) is 4.79 Å². The van der Waals surface area contributed by atoms with Crippen LogP contribution in [0.2, 0.25) is 0 Å². The van der Waals surface area contributed by atoms with E-state index in [2.05, 4.69) is 39.7 Å². The maximum Gasteiger partial charge on any atom is 0.320 e. The molecule has 0 saturated carbocycles. The number of aryl methyl sites for hydroxylation is 1. The quantitative estimate of drug-likeness (QED) is 0.774. The van der Waals surface area contributed by atoms with Crippen LogP contribution in [-0.4, -0.2) is 22.5 Å². The Morgan fingerprint density at radius 3 is 2.65 bits per heavy atom. The van der Waals surface area contributed by atoms with E-state index in [0.717, 1.165) is 27.5 Å². The summed E-state index contributed by atoms with van der Waals surface area (Å²) in [5, 5.41) is 7.58. The summed E-state index contributed by atoms with van der Waals surface area (Å²) in [6.07, 6.45) is 5.35. The molecule has 0 aliphatic heterocycles. The number of hydrogen-bond acceptors (Lipinski definition) is 3. The van der Waals surface area contributed by atoms with Crippen LogP contribution in [0.5, 0.6) is 0 Å². The van der Waals surface area contributed by atoms with Gasteiger partial charge in [0, 0.05) is 30.5 Å². The topological polar surface area (TPSA) is 66.9 Å². The molecule has 0 unspecified atom stereocenters. The number of pyridine rings is 2. The van der Waals surface area contributed by atoms with Gasteiger partial charge < -0.3 is 5.32 Å². The highest BCUT2D eigenvalue weighted by molar-refractivity contribution is 6.00. The lowest BCUT2D eigenvalue weighted by Crippen LogP contribution is -2.28. The van der Waals surface area contributed by atoms with Crippen molar-refractivity contribution in [2.45, 2.75) is 13.8 Å². The molecule has 3 aromatic rings. The number of carbonyl (C=O) groups excluding carboxylic acids is 1. The second kappa shape index (κ2) is 6.44. The number of anilines is 1. The van der Waals surface area contributed by atoms with Crippen LogP contribution >= 0.6 is 0 Å². The number of rotatable bonds is 3. The Kier molecular flexibility index (Phi) is 4.19. The standard InChI is InChI=1S/C18H18N4O/c1-3-20-18(23)22-17-10-15-14(13-6-8-19-9-7-13)5-4-12(2)16(15)11-21-17/h4-11H,3H2,1-2H3,(H2,20,21,22,23). The van der Waals surface area contributed by atoms with Crippen LogP contribution in [0.4, 0.5) is 10.6 Å². The molecule has 0 fully saturated rings. The molecule has 0 spiro atoms. The van der Waals surface area contributed by atoms with E-state index >= 15 is 0 Å². The fraction of sp³-hybridized carbons (Fsp3) is 0.167. The number of aromatic nitrogens is 2. The van der Waals surface area contributed by atoms with E-state index in [4.69, 9.17) is 0 Å². The molecule has 2 N–H and O–H groups in total. The normalized spacial score (nSPS) is 10.5. The van der Waals surface area contributed by atoms with Crippen molar-refractivity contribution in [1.29, 1.82) is 0 Å². The van der Waals surface area contributed by atoms with Gasteiger partial charge in [0.25, 0.3) is 0 Å². The van der Waals surface area contributed by atoms with Crippen LogP contribution in [0.1, 0.15) is 12.5 Å². The van der Waals surface area contributed by atoms with Crippen molar-refractivity contribution < 1.29 is 4.79 Å². The first kappa shape index (κ1) is 15.0. The maximum atomic E-state index is 11.7. The van der Waals surface area contributed by atoms with Gasteiger partial charge >= 0.3 is 6.03 Å². The number of nitrogens with zero attached hydrogens (tertiary/aromatic N) is 2. The molecule has 5 heteroatoms. The number of amides is 2. The van der Waals surface area contributed by atoms with E-state index in [0.29, 0.717) is 12.4 Å². The zero-order valence-electron chi connectivity index (χ0n) is 13.1. The van der Waals surface area contributed by atoms with Gasteiger partial charge in [-0.3, -0.25) is 10.3 Å². The summed E-state index contributed by atoms with van der Waals surface area (Å²) >= 11 is 0. The first-order valence-electron chi connectivity index (χ1n) is 7.53. The van der Waals surface area contributed by atoms with Gasteiger partial charge in [0.15, 0.2) is 0 Å². The smallest absolute Gasteiger partial charge is 0.320 e. The van der Waals surface area contributed by atoms with Gasteiger partial charge in [0.2, 0.25) is 0 Å². The van der Waals surface area contributed by atoms with Crippen molar-refractivity contribution in [3.05, 3.63) is 54.5 Å². The molecule has 116 valence electrons. The van der Waals surface area contributed by atoms with Gasteiger partial charge in [-0.05, 0) is 54.1 Å². The summed E-state index contributed by atoms with van der Waals surface area (Å²) in [4.78, 5) is 20.1. The van der Waals surface area contributed by atoms with Crippen molar-refractivity contribution in [2.24, 2.45) is 0 Å². The van der Waals surface area contributed by atoms with Gasteiger partial charge in [-0.2, -0.15) is 0 Å². The van der Waals surface area contributed by atoms with Crippen LogP contribution in [0, 0.1) is 6.92 Å². The van der Waals surface area contributed by atoms with Crippen LogP contribution < -0.4 is 10.6 Å². The summed E-state index contributed by atoms with van der Waals surface area (Å²) in [6, 6.07) is 9.77. The SMILES string of the molecule is CCNC(=O)Nc1cc2c(-c3ccncc3)ccc(C)c2cn1. The minimum atomic E-state index is -0.252. The predicted octanol–water partition coefficient (Wildman–Crippen LogP) is 3.75. The highest BCUT2D eigenvalue weighted by Crippen LogP contribution is 2.31. The Morgan fingerprint density at radius 1 is 1.13 bits per heavy atom. The van der Waals surface area contributed by atoms with Crippen molar-refractivity contribution in [2.75, 3.05) is 11.9 Å². The maximum absolute atomic E-state index is 11.7. The van der Waals surface area contributed by atoms with E-state index in [1.165, 1.54) is 0 Å². The predicted molar refractivity (Wildman–Crippen MR) is 92.4 cm³/mol. The van der Waals surface area contributed by atoms with Crippen LogP contribution in [0.15, 0.2) is 48.9 Å². The molecule has 3 rings (SSSR count). The third-order valence-corrected chi connectivity index (χ3v) is 3.69. The Hall–Kier alpha value is -2.95. The molecule has 23 heavy (non-hydrogen) atoms. The van der Waals surface area contributed by atoms with Gasteiger partial charge in [0.1, 0.15) is 5.82 Å². The lowest BCUT2D eigenvalue weighted by atomic mass is 9.97. The monoisotopic (exact) mass is 306 g/mol. The number of benzene rings is 1. The molecular weight excluding hydrogens is 288 g/mol. The minimum Gasteiger partial charge on any atom is -0.338 e. The van der Waals surface area contributed by atoms with Gasteiger partial charge in [-0.1, -0.05) is 12.1 Å². The molecule has 1 aromatic carbocycles. The van der Waals surface area contributed by atoms with Crippen LogP contribution in [-0.2, 0) is 0 Å². The Morgan fingerprint density at radius 2 is 1.91 bits per heavy atom. The third kappa shape index (κ3) is 3.13. The number of nitrogens with one attached hydrogen (secondary N) is 2. The van der Waals surface area contributed by atoms with Crippen LogP contribution in [0.3, 0.4) is 0 Å². The number of fused-ring (bicyclic) bond motifs is 1. The molecule has 0 aliphatic carbocycles. The molecule has 0 saturated heterocycles. The first-order valence-corrected chi connectivity index (χ1v) is 7.53. The highest BCUT2D eigenvalue weighted by atomic mass is 16.2. The number of urea groups is 1. The molecule has 0 bridgehead atoms.